The Morgan fingerprint density at radius 1 is 0.833 bits per heavy atom. The van der Waals surface area contributed by atoms with Gasteiger partial charge in [0.2, 0.25) is 17.6 Å². The highest BCUT2D eigenvalue weighted by molar-refractivity contribution is 7.92. The number of carbonyl (C=O) groups is 5. The van der Waals surface area contributed by atoms with Crippen LogP contribution in [0, 0.1) is 28.6 Å². The molecule has 1 heterocycles. The molecular formula is C41H65N5O7S. The highest BCUT2D eigenvalue weighted by atomic mass is 32.2. The number of nitrogens with one attached hydrogen (secondary N) is 4. The minimum absolute atomic E-state index is 0.0785. The van der Waals surface area contributed by atoms with Crippen molar-refractivity contribution in [3.05, 3.63) is 12.7 Å². The van der Waals surface area contributed by atoms with Gasteiger partial charge in [-0.3, -0.25) is 19.2 Å². The number of nitrogens with zero attached hydrogens (tertiary/aromatic N) is 1. The molecule has 12 nitrogen and oxygen atoms in total. The van der Waals surface area contributed by atoms with Gasteiger partial charge in [0.25, 0.3) is 5.91 Å². The molecule has 6 aliphatic rings. The third-order valence-corrected chi connectivity index (χ3v) is 16.7. The van der Waals surface area contributed by atoms with Crippen molar-refractivity contribution in [2.75, 3.05) is 18.8 Å². The number of hydrogen-bond acceptors (Lipinski definition) is 7. The molecule has 1 unspecified atom stereocenters. The molecule has 6 fully saturated rings. The van der Waals surface area contributed by atoms with E-state index >= 15 is 0 Å². The Morgan fingerprint density at radius 3 is 2.06 bits per heavy atom. The van der Waals surface area contributed by atoms with E-state index in [0.29, 0.717) is 38.6 Å². The summed E-state index contributed by atoms with van der Waals surface area (Å²) in [5.74, 6) is -2.12. The van der Waals surface area contributed by atoms with Crippen molar-refractivity contribution in [3.63, 3.8) is 0 Å². The number of piperidine rings is 1. The maximum atomic E-state index is 15.0. The summed E-state index contributed by atoms with van der Waals surface area (Å²) in [4.78, 5) is 71.2. The zero-order chi connectivity index (χ0) is 38.9. The molecule has 1 saturated heterocycles. The van der Waals surface area contributed by atoms with E-state index in [1.165, 1.54) is 6.08 Å². The second-order valence-corrected chi connectivity index (χ2v) is 20.9. The van der Waals surface area contributed by atoms with E-state index in [0.717, 1.165) is 83.5 Å². The quantitative estimate of drug-likeness (QED) is 0.138. The van der Waals surface area contributed by atoms with Crippen molar-refractivity contribution in [3.8, 4) is 0 Å². The van der Waals surface area contributed by atoms with E-state index in [-0.39, 0.29) is 46.6 Å². The normalized spacial score (nSPS) is 28.4. The summed E-state index contributed by atoms with van der Waals surface area (Å²) in [6, 6.07) is -3.32. The second kappa shape index (κ2) is 16.3. The predicted molar refractivity (Wildman–Crippen MR) is 207 cm³/mol. The summed E-state index contributed by atoms with van der Waals surface area (Å²) >= 11 is 0. The number of rotatable bonds is 15. The van der Waals surface area contributed by atoms with Gasteiger partial charge in [0.1, 0.15) is 12.1 Å². The van der Waals surface area contributed by atoms with Crippen LogP contribution in [0.5, 0.6) is 0 Å². The lowest BCUT2D eigenvalue weighted by molar-refractivity contribution is -0.146. The van der Waals surface area contributed by atoms with Crippen LogP contribution < -0.4 is 21.3 Å². The molecule has 302 valence electrons. The van der Waals surface area contributed by atoms with Crippen molar-refractivity contribution < 1.29 is 32.4 Å². The number of ketones is 1. The topological polar surface area (TPSA) is 171 Å². The molecule has 5 aliphatic carbocycles. The van der Waals surface area contributed by atoms with Gasteiger partial charge in [0, 0.05) is 13.1 Å². The molecule has 0 bridgehead atoms. The first-order valence-electron chi connectivity index (χ1n) is 20.9. The van der Waals surface area contributed by atoms with Gasteiger partial charge in [0.15, 0.2) is 9.84 Å². The standard InChI is InChI=1S/C41H65N5O7S/c1-5-23-42-36(49)33(47)30(24-27-17-18-27)43-35(48)32-31-29(39(31,2)3)25-46(32)37(50)34(40(4)19-11-7-12-20-40)44-38(51)45-41(21-13-8-14-22-41)26-54(52,53)28-15-9-6-10-16-28/h5,27-32,34H,1,6-26H2,2-4H3,(H,42,49)(H,43,48)(H2,44,45,51)/t29-,30?,31-,32-,34+/m0/s1. The maximum absolute atomic E-state index is 15.0. The fraction of sp³-hybridized carbons (Fsp3) is 0.829. The van der Waals surface area contributed by atoms with E-state index in [9.17, 15) is 32.4 Å². The molecule has 0 spiro atoms. The van der Waals surface area contributed by atoms with Gasteiger partial charge >= 0.3 is 6.03 Å². The lowest BCUT2D eigenvalue weighted by Crippen LogP contribution is -2.65. The molecular weight excluding hydrogens is 707 g/mol. The predicted octanol–water partition coefficient (Wildman–Crippen LogP) is 4.71. The summed E-state index contributed by atoms with van der Waals surface area (Å²) in [6.45, 7) is 10.3. The SMILES string of the molecule is C=CCNC(=O)C(=O)C(CC1CC1)NC(=O)[C@@H]1[C@@H]2[C@H](CN1C(=O)[C@@H](NC(=O)NC1(CS(=O)(=O)C3CCCCC3)CCCCC1)C1(C)CCCCC1)C2(C)C. The molecule has 4 N–H and O–H groups in total. The third kappa shape index (κ3) is 8.86. The van der Waals surface area contributed by atoms with Crippen LogP contribution in [0.3, 0.4) is 0 Å². The number of carbonyl (C=O) groups excluding carboxylic acids is 5. The Kier molecular flexibility index (Phi) is 12.3. The van der Waals surface area contributed by atoms with E-state index in [2.05, 4.69) is 41.7 Å². The fourth-order valence-electron chi connectivity index (χ4n) is 10.6. The lowest BCUT2D eigenvalue weighted by atomic mass is 9.70. The van der Waals surface area contributed by atoms with Crippen molar-refractivity contribution in [2.45, 2.75) is 165 Å². The Hall–Kier alpha value is -2.96. The van der Waals surface area contributed by atoms with E-state index in [4.69, 9.17) is 0 Å². The van der Waals surface area contributed by atoms with Crippen LogP contribution in [0.15, 0.2) is 12.7 Å². The number of sulfone groups is 1. The van der Waals surface area contributed by atoms with Crippen LogP contribution >= 0.6 is 0 Å². The number of hydrogen-bond donors (Lipinski definition) is 4. The largest absolute Gasteiger partial charge is 0.346 e. The van der Waals surface area contributed by atoms with Gasteiger partial charge < -0.3 is 26.2 Å². The first-order chi connectivity index (χ1) is 25.6. The molecule has 0 radical (unpaired) electrons. The highest BCUT2D eigenvalue weighted by Gasteiger charge is 2.70. The van der Waals surface area contributed by atoms with Gasteiger partial charge in [-0.1, -0.05) is 97.5 Å². The van der Waals surface area contributed by atoms with Crippen molar-refractivity contribution >= 4 is 39.4 Å². The fourth-order valence-corrected chi connectivity index (χ4v) is 13.0. The monoisotopic (exact) mass is 771 g/mol. The number of likely N-dealkylation sites (tertiary alicyclic amines) is 1. The van der Waals surface area contributed by atoms with Crippen LogP contribution in [-0.4, -0.2) is 90.6 Å². The Bertz CT molecular complexity index is 1560. The molecule has 5 saturated carbocycles. The summed E-state index contributed by atoms with van der Waals surface area (Å²) in [7, 11) is -3.45. The van der Waals surface area contributed by atoms with Gasteiger partial charge in [-0.25, -0.2) is 13.2 Å². The Labute approximate surface area is 322 Å². The summed E-state index contributed by atoms with van der Waals surface area (Å²) < 4.78 is 27.6. The minimum Gasteiger partial charge on any atom is -0.346 e. The summed E-state index contributed by atoms with van der Waals surface area (Å²) in [6.07, 6.45) is 16.0. The number of Topliss-reactive ketones (excluding diaryl/α,β-unsaturated/α-hetero) is 1. The lowest BCUT2D eigenvalue weighted by Gasteiger charge is -2.44. The van der Waals surface area contributed by atoms with Gasteiger partial charge in [-0.2, -0.15) is 0 Å². The zero-order valence-corrected chi connectivity index (χ0v) is 33.7. The van der Waals surface area contributed by atoms with Crippen LogP contribution in [-0.2, 0) is 29.0 Å². The van der Waals surface area contributed by atoms with E-state index in [1.54, 1.807) is 4.90 Å². The van der Waals surface area contributed by atoms with Crippen molar-refractivity contribution in [2.24, 2.45) is 28.6 Å². The molecule has 13 heteroatoms. The van der Waals surface area contributed by atoms with Gasteiger partial charge in [-0.15, -0.1) is 6.58 Å². The highest BCUT2D eigenvalue weighted by Crippen LogP contribution is 2.65. The smallest absolute Gasteiger partial charge is 0.315 e. The summed E-state index contributed by atoms with van der Waals surface area (Å²) in [5, 5.41) is 11.3. The Morgan fingerprint density at radius 2 is 1.44 bits per heavy atom. The van der Waals surface area contributed by atoms with E-state index in [1.807, 2.05) is 6.92 Å². The molecule has 5 amide bonds. The molecule has 0 aromatic heterocycles. The zero-order valence-electron chi connectivity index (χ0n) is 32.9. The number of fused-ring (bicyclic) bond motifs is 1. The minimum atomic E-state index is -3.45. The van der Waals surface area contributed by atoms with E-state index < -0.39 is 62.5 Å². The maximum Gasteiger partial charge on any atom is 0.315 e. The molecule has 6 rings (SSSR count). The van der Waals surface area contributed by atoms with Gasteiger partial charge in [0.05, 0.1) is 22.6 Å². The molecule has 5 atom stereocenters. The van der Waals surface area contributed by atoms with Crippen molar-refractivity contribution in [1.29, 1.82) is 0 Å². The molecule has 54 heavy (non-hydrogen) atoms. The molecule has 1 aliphatic heterocycles. The van der Waals surface area contributed by atoms with Crippen LogP contribution in [0.2, 0.25) is 0 Å². The first kappa shape index (κ1) is 40.7. The second-order valence-electron chi connectivity index (χ2n) is 18.6. The third-order valence-electron chi connectivity index (χ3n) is 14.2. The molecule has 0 aromatic carbocycles. The van der Waals surface area contributed by atoms with Crippen molar-refractivity contribution in [1.82, 2.24) is 26.2 Å². The Balaban J connectivity index is 1.23. The molecule has 0 aromatic rings. The van der Waals surface area contributed by atoms with Crippen LogP contribution in [0.25, 0.3) is 0 Å². The summed E-state index contributed by atoms with van der Waals surface area (Å²) in [5.41, 5.74) is -1.66. The number of amides is 5. The average molecular weight is 772 g/mol. The van der Waals surface area contributed by atoms with Crippen LogP contribution in [0.4, 0.5) is 4.79 Å². The van der Waals surface area contributed by atoms with Gasteiger partial charge in [-0.05, 0) is 73.5 Å². The number of urea groups is 1. The first-order valence-corrected chi connectivity index (χ1v) is 22.7. The average Bonchev–Trinajstić information content (AvgIpc) is 4.00. The van der Waals surface area contributed by atoms with Crippen LogP contribution in [0.1, 0.15) is 136 Å².